The first kappa shape index (κ1) is 14.0. The van der Waals surface area contributed by atoms with Gasteiger partial charge in [-0.3, -0.25) is 4.90 Å². The molecule has 0 amide bonds. The Labute approximate surface area is 120 Å². The van der Waals surface area contributed by atoms with E-state index >= 15 is 0 Å². The van der Waals surface area contributed by atoms with Crippen LogP contribution in [0.25, 0.3) is 0 Å². The molecule has 112 valence electrons. The van der Waals surface area contributed by atoms with Crippen molar-refractivity contribution in [1.82, 2.24) is 19.2 Å². The Morgan fingerprint density at radius 1 is 1.25 bits per heavy atom. The van der Waals surface area contributed by atoms with Crippen LogP contribution in [-0.2, 0) is 10.0 Å². The molecule has 7 heteroatoms. The normalized spacial score (nSPS) is 26.1. The summed E-state index contributed by atoms with van der Waals surface area (Å²) in [6.45, 7) is 5.21. The van der Waals surface area contributed by atoms with Crippen molar-refractivity contribution in [3.8, 4) is 0 Å². The van der Waals surface area contributed by atoms with Crippen molar-refractivity contribution >= 4 is 10.0 Å². The summed E-state index contributed by atoms with van der Waals surface area (Å²) in [5.74, 6) is 0.635. The molecule has 3 heterocycles. The SMILES string of the molecule is Cc1ncc(S(=O)(=O)N2CCC(N3CCCCC3)C2)[nH]1. The second-order valence-electron chi connectivity index (χ2n) is 5.74. The molecule has 1 unspecified atom stereocenters. The molecule has 0 aliphatic carbocycles. The first-order chi connectivity index (χ1) is 9.57. The van der Waals surface area contributed by atoms with Crippen molar-refractivity contribution in [2.45, 2.75) is 43.7 Å². The number of nitrogens with zero attached hydrogens (tertiary/aromatic N) is 3. The van der Waals surface area contributed by atoms with Crippen molar-refractivity contribution in [3.05, 3.63) is 12.0 Å². The van der Waals surface area contributed by atoms with E-state index in [0.29, 0.717) is 25.0 Å². The van der Waals surface area contributed by atoms with Gasteiger partial charge in [-0.1, -0.05) is 6.42 Å². The molecule has 2 fully saturated rings. The highest BCUT2D eigenvalue weighted by atomic mass is 32.2. The minimum atomic E-state index is -3.40. The number of aryl methyl sites for hydroxylation is 1. The molecule has 0 saturated carbocycles. The molecular weight excluding hydrogens is 276 g/mol. The number of rotatable bonds is 3. The summed E-state index contributed by atoms with van der Waals surface area (Å²) < 4.78 is 26.6. The molecule has 1 aromatic rings. The third-order valence-corrected chi connectivity index (χ3v) is 6.11. The molecule has 1 aromatic heterocycles. The number of H-pyrrole nitrogens is 1. The summed E-state index contributed by atoms with van der Waals surface area (Å²) in [6.07, 6.45) is 6.13. The third-order valence-electron chi connectivity index (χ3n) is 4.33. The van der Waals surface area contributed by atoms with E-state index < -0.39 is 10.0 Å². The van der Waals surface area contributed by atoms with E-state index in [4.69, 9.17) is 0 Å². The second kappa shape index (κ2) is 5.46. The lowest BCUT2D eigenvalue weighted by Crippen LogP contribution is -2.41. The Kier molecular flexibility index (Phi) is 3.83. The molecule has 1 atom stereocenters. The maximum absolute atomic E-state index is 12.5. The first-order valence-electron chi connectivity index (χ1n) is 7.33. The molecule has 6 nitrogen and oxygen atoms in total. The quantitative estimate of drug-likeness (QED) is 0.902. The van der Waals surface area contributed by atoms with Gasteiger partial charge >= 0.3 is 0 Å². The smallest absolute Gasteiger partial charge is 0.260 e. The van der Waals surface area contributed by atoms with Crippen molar-refractivity contribution in [3.63, 3.8) is 0 Å². The lowest BCUT2D eigenvalue weighted by Gasteiger charge is -2.32. The molecule has 0 bridgehead atoms. The summed E-state index contributed by atoms with van der Waals surface area (Å²) in [6, 6.07) is 0.383. The highest BCUT2D eigenvalue weighted by molar-refractivity contribution is 7.89. The van der Waals surface area contributed by atoms with Crippen molar-refractivity contribution in [2.75, 3.05) is 26.2 Å². The Balaban J connectivity index is 1.70. The number of aromatic nitrogens is 2. The van der Waals surface area contributed by atoms with Crippen LogP contribution in [0.4, 0.5) is 0 Å². The van der Waals surface area contributed by atoms with E-state index in [1.165, 1.54) is 25.5 Å². The van der Waals surface area contributed by atoms with Gasteiger partial charge in [0.25, 0.3) is 10.0 Å². The van der Waals surface area contributed by atoms with Gasteiger partial charge < -0.3 is 4.98 Å². The lowest BCUT2D eigenvalue weighted by molar-refractivity contribution is 0.169. The summed E-state index contributed by atoms with van der Waals surface area (Å²) in [5, 5.41) is 0.217. The molecule has 1 N–H and O–H groups in total. The Morgan fingerprint density at radius 3 is 2.65 bits per heavy atom. The molecule has 20 heavy (non-hydrogen) atoms. The molecule has 2 aliphatic rings. The summed E-state index contributed by atoms with van der Waals surface area (Å²) in [5.41, 5.74) is 0. The monoisotopic (exact) mass is 298 g/mol. The van der Waals surface area contributed by atoms with Crippen molar-refractivity contribution < 1.29 is 8.42 Å². The van der Waals surface area contributed by atoms with Crippen molar-refractivity contribution in [1.29, 1.82) is 0 Å². The Bertz CT molecular complexity index is 563. The second-order valence-corrected chi connectivity index (χ2v) is 7.64. The number of likely N-dealkylation sites (tertiary alicyclic amines) is 1. The number of hydrogen-bond donors (Lipinski definition) is 1. The van der Waals surface area contributed by atoms with Gasteiger partial charge in [0.05, 0.1) is 6.20 Å². The van der Waals surface area contributed by atoms with E-state index in [0.717, 1.165) is 19.5 Å². The molecule has 0 spiro atoms. The Morgan fingerprint density at radius 2 is 2.00 bits per heavy atom. The van der Waals surface area contributed by atoms with Crippen LogP contribution < -0.4 is 0 Å². The van der Waals surface area contributed by atoms with Crippen LogP contribution in [0.3, 0.4) is 0 Å². The van der Waals surface area contributed by atoms with E-state index in [2.05, 4.69) is 14.9 Å². The van der Waals surface area contributed by atoms with Crippen LogP contribution in [-0.4, -0.2) is 59.8 Å². The number of sulfonamides is 1. The van der Waals surface area contributed by atoms with Crippen LogP contribution in [0.2, 0.25) is 0 Å². The molecule has 2 aliphatic heterocycles. The maximum Gasteiger partial charge on any atom is 0.260 e. The summed E-state index contributed by atoms with van der Waals surface area (Å²) in [4.78, 5) is 9.28. The summed E-state index contributed by atoms with van der Waals surface area (Å²) in [7, 11) is -3.40. The van der Waals surface area contributed by atoms with Crippen LogP contribution in [0.1, 0.15) is 31.5 Å². The molecule has 0 radical (unpaired) electrons. The first-order valence-corrected chi connectivity index (χ1v) is 8.77. The zero-order valence-corrected chi connectivity index (χ0v) is 12.7. The van der Waals surface area contributed by atoms with Crippen LogP contribution in [0, 0.1) is 6.92 Å². The van der Waals surface area contributed by atoms with Gasteiger partial charge in [0.1, 0.15) is 5.82 Å². The van der Waals surface area contributed by atoms with Crippen LogP contribution in [0.15, 0.2) is 11.2 Å². The molecule has 2 saturated heterocycles. The van der Waals surface area contributed by atoms with Crippen LogP contribution >= 0.6 is 0 Å². The van der Waals surface area contributed by atoms with Gasteiger partial charge in [-0.2, -0.15) is 4.31 Å². The average molecular weight is 298 g/mol. The zero-order chi connectivity index (χ0) is 14.2. The van der Waals surface area contributed by atoms with Gasteiger partial charge in [0.2, 0.25) is 0 Å². The number of aromatic amines is 1. The minimum Gasteiger partial charge on any atom is -0.332 e. The highest BCUT2D eigenvalue weighted by Gasteiger charge is 2.36. The van der Waals surface area contributed by atoms with Gasteiger partial charge in [-0.05, 0) is 39.3 Å². The topological polar surface area (TPSA) is 69.3 Å². The average Bonchev–Trinajstić information content (AvgIpc) is 3.09. The van der Waals surface area contributed by atoms with E-state index in [1.54, 1.807) is 11.2 Å². The van der Waals surface area contributed by atoms with E-state index in [9.17, 15) is 8.42 Å². The summed E-state index contributed by atoms with van der Waals surface area (Å²) >= 11 is 0. The number of imidazole rings is 1. The molecular formula is C13H22N4O2S. The van der Waals surface area contributed by atoms with Gasteiger partial charge in [-0.25, -0.2) is 13.4 Å². The standard InChI is InChI=1S/C13H22N4O2S/c1-11-14-9-13(15-11)20(18,19)17-8-5-12(10-17)16-6-3-2-4-7-16/h9,12H,2-8,10H2,1H3,(H,14,15). The predicted molar refractivity (Wildman–Crippen MR) is 75.9 cm³/mol. The fourth-order valence-electron chi connectivity index (χ4n) is 3.18. The number of piperidine rings is 1. The number of hydrogen-bond acceptors (Lipinski definition) is 4. The number of nitrogens with one attached hydrogen (secondary N) is 1. The highest BCUT2D eigenvalue weighted by Crippen LogP contribution is 2.24. The predicted octanol–water partition coefficient (Wildman–Crippen LogP) is 0.967. The van der Waals surface area contributed by atoms with Gasteiger partial charge in [-0.15, -0.1) is 0 Å². The molecule has 3 rings (SSSR count). The molecule has 0 aromatic carbocycles. The van der Waals surface area contributed by atoms with Gasteiger partial charge in [0, 0.05) is 19.1 Å². The maximum atomic E-state index is 12.5. The third kappa shape index (κ3) is 2.62. The fourth-order valence-corrected chi connectivity index (χ4v) is 4.63. The van der Waals surface area contributed by atoms with Crippen molar-refractivity contribution in [2.24, 2.45) is 0 Å². The Hall–Kier alpha value is -0.920. The van der Waals surface area contributed by atoms with Gasteiger partial charge in [0.15, 0.2) is 5.03 Å². The van der Waals surface area contributed by atoms with Crippen LogP contribution in [0.5, 0.6) is 0 Å². The fraction of sp³-hybridized carbons (Fsp3) is 0.769. The largest absolute Gasteiger partial charge is 0.332 e. The van der Waals surface area contributed by atoms with E-state index in [1.807, 2.05) is 0 Å². The zero-order valence-electron chi connectivity index (χ0n) is 11.9. The van der Waals surface area contributed by atoms with E-state index in [-0.39, 0.29) is 5.03 Å². The lowest BCUT2D eigenvalue weighted by atomic mass is 10.1. The minimum absolute atomic E-state index is 0.217.